The van der Waals surface area contributed by atoms with Crippen molar-refractivity contribution in [1.29, 1.82) is 0 Å². The van der Waals surface area contributed by atoms with E-state index in [4.69, 9.17) is 11.6 Å². The molecular formula is C8H7ClN4O4S2. The van der Waals surface area contributed by atoms with Crippen molar-refractivity contribution < 1.29 is 13.3 Å². The van der Waals surface area contributed by atoms with E-state index in [2.05, 4.69) is 14.9 Å². The van der Waals surface area contributed by atoms with Gasteiger partial charge in [-0.3, -0.25) is 15.2 Å². The lowest BCUT2D eigenvalue weighted by atomic mass is 10.4. The molecule has 11 heteroatoms. The zero-order valence-electron chi connectivity index (χ0n) is 9.16. The number of nitrogens with one attached hydrogen (secondary N) is 2. The normalized spacial score (nSPS) is 11.6. The summed E-state index contributed by atoms with van der Waals surface area (Å²) in [6.07, 6.45) is 3.00. The number of halogens is 1. The second-order valence-electron chi connectivity index (χ2n) is 3.41. The molecule has 0 saturated carbocycles. The summed E-state index contributed by atoms with van der Waals surface area (Å²) in [5.74, 6) is 0. The molecule has 102 valence electrons. The van der Waals surface area contributed by atoms with Crippen molar-refractivity contribution >= 4 is 38.6 Å². The minimum Gasteiger partial charge on any atom is -0.285 e. The Morgan fingerprint density at radius 3 is 2.84 bits per heavy atom. The highest BCUT2D eigenvalue weighted by Crippen LogP contribution is 2.36. The predicted octanol–water partition coefficient (Wildman–Crippen LogP) is 1.51. The molecule has 0 bridgehead atoms. The molecule has 19 heavy (non-hydrogen) atoms. The average Bonchev–Trinajstić information content (AvgIpc) is 2.95. The first-order valence-corrected chi connectivity index (χ1v) is 7.49. The van der Waals surface area contributed by atoms with Crippen LogP contribution in [0.25, 0.3) is 0 Å². The number of H-pyrrole nitrogens is 1. The maximum atomic E-state index is 11.9. The molecule has 0 atom stereocenters. The molecule has 0 fully saturated rings. The zero-order valence-corrected chi connectivity index (χ0v) is 11.5. The molecule has 2 rings (SSSR count). The van der Waals surface area contributed by atoms with Crippen molar-refractivity contribution in [3.63, 3.8) is 0 Å². The van der Waals surface area contributed by atoms with Gasteiger partial charge in [0.15, 0.2) is 4.34 Å². The summed E-state index contributed by atoms with van der Waals surface area (Å²) in [5.41, 5.74) is 0.219. The van der Waals surface area contributed by atoms with Gasteiger partial charge in [0.2, 0.25) is 0 Å². The summed E-state index contributed by atoms with van der Waals surface area (Å²) < 4.78 is 25.7. The summed E-state index contributed by atoms with van der Waals surface area (Å²) >= 11 is 6.25. The van der Waals surface area contributed by atoms with E-state index >= 15 is 0 Å². The maximum Gasteiger partial charge on any atom is 0.300 e. The Labute approximate surface area is 116 Å². The Kier molecular flexibility index (Phi) is 3.85. The number of nitrogens with zero attached hydrogens (tertiary/aromatic N) is 2. The predicted molar refractivity (Wildman–Crippen MR) is 68.6 cm³/mol. The van der Waals surface area contributed by atoms with Crippen molar-refractivity contribution in [3.8, 4) is 0 Å². The van der Waals surface area contributed by atoms with Crippen LogP contribution in [-0.4, -0.2) is 23.5 Å². The summed E-state index contributed by atoms with van der Waals surface area (Å²) in [6, 6.07) is 0.935. The van der Waals surface area contributed by atoms with Gasteiger partial charge in [0.05, 0.1) is 11.1 Å². The van der Waals surface area contributed by atoms with Crippen LogP contribution in [0.3, 0.4) is 0 Å². The van der Waals surface area contributed by atoms with E-state index in [9.17, 15) is 18.5 Å². The van der Waals surface area contributed by atoms with Gasteiger partial charge in [-0.05, 0) is 0 Å². The fourth-order valence-corrected chi connectivity index (χ4v) is 3.95. The summed E-state index contributed by atoms with van der Waals surface area (Å²) in [4.78, 5) is 9.88. The maximum absolute atomic E-state index is 11.9. The number of thiophene rings is 1. The lowest BCUT2D eigenvalue weighted by Gasteiger charge is -2.01. The van der Waals surface area contributed by atoms with E-state index in [-0.39, 0.29) is 15.1 Å². The van der Waals surface area contributed by atoms with Gasteiger partial charge in [-0.1, -0.05) is 11.6 Å². The fraction of sp³-hybridized carbons (Fsp3) is 0.125. The Balaban J connectivity index is 2.20. The minimum atomic E-state index is -3.83. The van der Waals surface area contributed by atoms with Gasteiger partial charge in [-0.2, -0.15) is 5.10 Å². The molecule has 0 aromatic carbocycles. The topological polar surface area (TPSA) is 118 Å². The van der Waals surface area contributed by atoms with Crippen molar-refractivity contribution in [1.82, 2.24) is 14.9 Å². The van der Waals surface area contributed by atoms with Gasteiger partial charge in [0.25, 0.3) is 15.7 Å². The zero-order chi connectivity index (χ0) is 14.0. The molecule has 0 aliphatic carbocycles. The molecule has 0 spiro atoms. The van der Waals surface area contributed by atoms with Crippen LogP contribution in [0.1, 0.15) is 5.56 Å². The standard InChI is InChI=1S/C8H7ClN4O4S2/c9-8-6(13(14)15)1-7(18-8)19(16,17)12-4-5-2-10-11-3-5/h1-3,12H,4H2,(H,10,11). The SMILES string of the molecule is O=[N+]([O-])c1cc(S(=O)(=O)NCc2cn[nH]c2)sc1Cl. The number of aromatic nitrogens is 2. The Bertz CT molecular complexity index is 694. The van der Waals surface area contributed by atoms with E-state index in [0.717, 1.165) is 6.07 Å². The summed E-state index contributed by atoms with van der Waals surface area (Å²) in [6.45, 7) is 0.0299. The van der Waals surface area contributed by atoms with Crippen molar-refractivity contribution in [2.75, 3.05) is 0 Å². The van der Waals surface area contributed by atoms with E-state index in [1.54, 1.807) is 0 Å². The van der Waals surface area contributed by atoms with Crippen LogP contribution in [0, 0.1) is 10.1 Å². The molecule has 0 radical (unpaired) electrons. The molecule has 2 heterocycles. The fourth-order valence-electron chi connectivity index (χ4n) is 1.22. The number of nitro groups is 1. The second kappa shape index (κ2) is 5.25. The van der Waals surface area contributed by atoms with Crippen LogP contribution in [0.2, 0.25) is 4.34 Å². The molecule has 2 aromatic heterocycles. The molecule has 0 amide bonds. The third kappa shape index (κ3) is 3.10. The minimum absolute atomic E-state index is 0.0299. The molecule has 2 N–H and O–H groups in total. The Morgan fingerprint density at radius 1 is 1.58 bits per heavy atom. The summed E-state index contributed by atoms with van der Waals surface area (Å²) in [5, 5.41) is 16.8. The second-order valence-corrected chi connectivity index (χ2v) is 7.06. The monoisotopic (exact) mass is 322 g/mol. The van der Waals surface area contributed by atoms with Crippen molar-refractivity contribution in [2.45, 2.75) is 10.8 Å². The number of aromatic amines is 1. The van der Waals surface area contributed by atoms with Crippen molar-refractivity contribution in [2.24, 2.45) is 0 Å². The van der Waals surface area contributed by atoms with Crippen LogP contribution >= 0.6 is 22.9 Å². The molecular weight excluding hydrogens is 316 g/mol. The van der Waals surface area contributed by atoms with Gasteiger partial charge >= 0.3 is 0 Å². The first-order valence-electron chi connectivity index (χ1n) is 4.81. The van der Waals surface area contributed by atoms with Crippen molar-refractivity contribution in [3.05, 3.63) is 38.5 Å². The molecule has 2 aromatic rings. The van der Waals surface area contributed by atoms with Gasteiger partial charge in [0.1, 0.15) is 4.21 Å². The van der Waals surface area contributed by atoms with Gasteiger partial charge in [-0.25, -0.2) is 13.1 Å². The van der Waals surface area contributed by atoms with E-state index in [1.807, 2.05) is 0 Å². The first kappa shape index (κ1) is 13.9. The first-order chi connectivity index (χ1) is 8.90. The lowest BCUT2D eigenvalue weighted by Crippen LogP contribution is -2.22. The number of hydrogen-bond donors (Lipinski definition) is 2. The third-order valence-corrected chi connectivity index (χ3v) is 5.34. The van der Waals surface area contributed by atoms with Gasteiger partial charge in [0, 0.05) is 24.4 Å². The molecule has 8 nitrogen and oxygen atoms in total. The highest BCUT2D eigenvalue weighted by molar-refractivity contribution is 7.91. The molecule has 0 unspecified atom stereocenters. The Morgan fingerprint density at radius 2 is 2.32 bits per heavy atom. The van der Waals surface area contributed by atoms with Crippen LogP contribution in [-0.2, 0) is 16.6 Å². The highest BCUT2D eigenvalue weighted by atomic mass is 35.5. The van der Waals surface area contributed by atoms with E-state index in [1.165, 1.54) is 12.4 Å². The van der Waals surface area contributed by atoms with Gasteiger partial charge in [-0.15, -0.1) is 11.3 Å². The number of sulfonamides is 1. The molecule has 0 saturated heterocycles. The van der Waals surface area contributed by atoms with Gasteiger partial charge < -0.3 is 0 Å². The van der Waals surface area contributed by atoms with Crippen LogP contribution < -0.4 is 4.72 Å². The Hall–Kier alpha value is -1.49. The average molecular weight is 323 g/mol. The van der Waals surface area contributed by atoms with Crippen LogP contribution in [0.4, 0.5) is 5.69 Å². The largest absolute Gasteiger partial charge is 0.300 e. The molecule has 0 aliphatic rings. The quantitative estimate of drug-likeness (QED) is 0.639. The van der Waals surface area contributed by atoms with E-state index in [0.29, 0.717) is 16.9 Å². The number of hydrogen-bond acceptors (Lipinski definition) is 6. The van der Waals surface area contributed by atoms with Crippen LogP contribution in [0.5, 0.6) is 0 Å². The third-order valence-electron chi connectivity index (χ3n) is 2.13. The smallest absolute Gasteiger partial charge is 0.285 e. The molecule has 0 aliphatic heterocycles. The number of rotatable bonds is 5. The van der Waals surface area contributed by atoms with E-state index < -0.39 is 20.6 Å². The summed E-state index contributed by atoms with van der Waals surface area (Å²) in [7, 11) is -3.83. The highest BCUT2D eigenvalue weighted by Gasteiger charge is 2.25. The van der Waals surface area contributed by atoms with Crippen LogP contribution in [0.15, 0.2) is 22.7 Å². The lowest BCUT2D eigenvalue weighted by molar-refractivity contribution is -0.384.